The number of aromatic nitrogens is 2. The molecule has 2 aromatic carbocycles. The Hall–Kier alpha value is -5.38. The SMILES string of the molecule is CN(C)c1ccc2c(-c3ccc(C(=O)NC/C=C/c4cn([C@H]5C[C@H](O)[C@@H](COP(=O)(O)OP(=O)(O)OP(=O)(O)O)O5)c(=O)[nH]c4=O)cc3C(=O)O)c3ccc(=[N+](C)C)cc-3oc2c1. The molecule has 3 heterocycles. The van der Waals surface area contributed by atoms with E-state index in [2.05, 4.69) is 23.4 Å². The molecule has 0 radical (unpaired) electrons. The van der Waals surface area contributed by atoms with E-state index in [0.29, 0.717) is 33.4 Å². The molecule has 0 saturated carbocycles. The van der Waals surface area contributed by atoms with Gasteiger partial charge in [0.1, 0.15) is 37.8 Å². The number of carboxylic acids is 1. The maximum atomic E-state index is 13.3. The molecule has 3 aliphatic rings. The molecule has 1 amide bonds. The van der Waals surface area contributed by atoms with Gasteiger partial charge in [0.05, 0.1) is 29.9 Å². The molecule has 63 heavy (non-hydrogen) atoms. The van der Waals surface area contributed by atoms with Crippen LogP contribution in [0, 0.1) is 0 Å². The fourth-order valence-corrected chi connectivity index (χ4v) is 9.60. The zero-order valence-electron chi connectivity index (χ0n) is 33.5. The lowest BCUT2D eigenvalue weighted by atomic mass is 9.89. The molecule has 1 aromatic heterocycles. The second-order valence-corrected chi connectivity index (χ2v) is 18.8. The smallest absolute Gasteiger partial charge is 0.478 e. The quantitative estimate of drug-likeness (QED) is 0.0424. The van der Waals surface area contributed by atoms with Crippen LogP contribution in [0.15, 0.2) is 80.9 Å². The van der Waals surface area contributed by atoms with Crippen molar-refractivity contribution in [3.05, 3.63) is 110 Å². The van der Waals surface area contributed by atoms with Crippen molar-refractivity contribution >= 4 is 58.1 Å². The number of carboxylic acid groups (broad SMARTS) is 1. The summed E-state index contributed by atoms with van der Waals surface area (Å²) in [6, 6.07) is 15.5. The number of carbonyl (C=O) groups excluding carboxylic acids is 1. The number of phosphoric ester groups is 1. The molecular weight excluding hydrogens is 895 g/mol. The number of fused-ring (bicyclic) bond motifs is 2. The predicted octanol–water partition coefficient (Wildman–Crippen LogP) is 2.29. The third kappa shape index (κ3) is 11.2. The normalized spacial score (nSPS) is 18.7. The van der Waals surface area contributed by atoms with Crippen molar-refractivity contribution in [2.24, 2.45) is 0 Å². The first-order valence-electron chi connectivity index (χ1n) is 18.4. The number of aliphatic hydroxyl groups excluding tert-OH is 1. The molecule has 8 N–H and O–H groups in total. The van der Waals surface area contributed by atoms with Gasteiger partial charge in [0.15, 0.2) is 0 Å². The molecule has 5 atom stereocenters. The topological polar surface area (TPSA) is 330 Å². The predicted molar refractivity (Wildman–Crippen MR) is 224 cm³/mol. The van der Waals surface area contributed by atoms with E-state index in [1.165, 1.54) is 24.3 Å². The summed E-state index contributed by atoms with van der Waals surface area (Å²) in [5, 5.41) is 25.0. The fourth-order valence-electron chi connectivity index (χ4n) is 6.57. The Bertz CT molecular complexity index is 2950. The molecule has 2 unspecified atom stereocenters. The minimum atomic E-state index is -5.80. The van der Waals surface area contributed by atoms with Crippen LogP contribution in [0.2, 0.25) is 0 Å². The average Bonchev–Trinajstić information content (AvgIpc) is 3.55. The highest BCUT2D eigenvalue weighted by Crippen LogP contribution is 2.66. The molecule has 26 heteroatoms. The van der Waals surface area contributed by atoms with E-state index in [-0.39, 0.29) is 29.7 Å². The zero-order chi connectivity index (χ0) is 46.2. The van der Waals surface area contributed by atoms with Gasteiger partial charge in [-0.1, -0.05) is 18.2 Å². The van der Waals surface area contributed by atoms with Crippen LogP contribution < -0.4 is 31.4 Å². The van der Waals surface area contributed by atoms with Crippen molar-refractivity contribution in [2.45, 2.75) is 24.9 Å². The number of rotatable bonds is 15. The first-order valence-corrected chi connectivity index (χ1v) is 22.9. The fraction of sp³-hybridized carbons (Fsp3) is 0.270. The Kier molecular flexibility index (Phi) is 13.7. The Morgan fingerprint density at radius 2 is 1.70 bits per heavy atom. The highest BCUT2D eigenvalue weighted by atomic mass is 31.3. The van der Waals surface area contributed by atoms with E-state index in [4.69, 9.17) is 18.9 Å². The van der Waals surface area contributed by atoms with Crippen molar-refractivity contribution in [2.75, 3.05) is 46.2 Å². The number of nitrogens with one attached hydrogen (secondary N) is 2. The average molecular weight is 937 g/mol. The minimum absolute atomic E-state index is 0.0226. The van der Waals surface area contributed by atoms with Gasteiger partial charge < -0.3 is 49.2 Å². The largest absolute Gasteiger partial charge is 0.490 e. The minimum Gasteiger partial charge on any atom is -0.478 e. The number of nitrogens with zero attached hydrogens (tertiary/aromatic N) is 3. The second-order valence-electron chi connectivity index (χ2n) is 14.4. The third-order valence-electron chi connectivity index (χ3n) is 9.51. The van der Waals surface area contributed by atoms with Crippen LogP contribution in [0.1, 0.15) is 38.9 Å². The summed E-state index contributed by atoms with van der Waals surface area (Å²) in [5.41, 5.74) is 0.919. The molecular formula is C37H41N5O18P3+. The number of carbonyl (C=O) groups is 2. The molecule has 1 fully saturated rings. The first-order chi connectivity index (χ1) is 29.4. The molecule has 23 nitrogen and oxygen atoms in total. The van der Waals surface area contributed by atoms with E-state index < -0.39 is 71.6 Å². The number of phosphoric acid groups is 3. The van der Waals surface area contributed by atoms with Crippen molar-refractivity contribution < 1.29 is 75.4 Å². The second kappa shape index (κ2) is 18.4. The molecule has 6 rings (SSSR count). The number of aromatic carboxylic acids is 1. The molecule has 0 spiro atoms. The highest BCUT2D eigenvalue weighted by molar-refractivity contribution is 7.66. The number of ether oxygens (including phenoxy) is 1. The van der Waals surface area contributed by atoms with E-state index in [1.807, 2.05) is 74.1 Å². The molecule has 336 valence electrons. The lowest BCUT2D eigenvalue weighted by Gasteiger charge is -2.19. The van der Waals surface area contributed by atoms with Gasteiger partial charge in [-0.3, -0.25) is 23.7 Å². The van der Waals surface area contributed by atoms with Crippen molar-refractivity contribution in [3.63, 3.8) is 0 Å². The van der Waals surface area contributed by atoms with Gasteiger partial charge in [0, 0.05) is 73.2 Å². The summed E-state index contributed by atoms with van der Waals surface area (Å²) in [6.45, 7) is -1.16. The van der Waals surface area contributed by atoms with Gasteiger partial charge in [-0.15, -0.1) is 0 Å². The van der Waals surface area contributed by atoms with E-state index >= 15 is 0 Å². The van der Waals surface area contributed by atoms with Gasteiger partial charge in [-0.05, 0) is 35.9 Å². The van der Waals surface area contributed by atoms with Crippen molar-refractivity contribution in [1.82, 2.24) is 19.4 Å². The third-order valence-corrected chi connectivity index (χ3v) is 13.3. The molecule has 0 bridgehead atoms. The van der Waals surface area contributed by atoms with E-state index in [0.717, 1.165) is 21.8 Å². The number of hydrogen-bond donors (Lipinski definition) is 8. The summed E-state index contributed by atoms with van der Waals surface area (Å²) < 4.78 is 61.0. The Balaban J connectivity index is 1.17. The number of H-pyrrole nitrogens is 1. The molecule has 3 aromatic rings. The Morgan fingerprint density at radius 3 is 2.37 bits per heavy atom. The van der Waals surface area contributed by atoms with Crippen LogP contribution in [0.5, 0.6) is 0 Å². The summed E-state index contributed by atoms with van der Waals surface area (Å²) in [5.74, 6) is -1.41. The number of amides is 1. The number of anilines is 1. The lowest BCUT2D eigenvalue weighted by molar-refractivity contribution is -0.0450. The zero-order valence-corrected chi connectivity index (χ0v) is 36.2. The van der Waals surface area contributed by atoms with Crippen LogP contribution >= 0.6 is 23.5 Å². The lowest BCUT2D eigenvalue weighted by Crippen LogP contribution is -2.33. The first kappa shape index (κ1) is 47.1. The monoisotopic (exact) mass is 936 g/mol. The maximum Gasteiger partial charge on any atom is 0.490 e. The summed E-state index contributed by atoms with van der Waals surface area (Å²) >= 11 is 0. The van der Waals surface area contributed by atoms with Gasteiger partial charge in [0.25, 0.3) is 11.5 Å². The van der Waals surface area contributed by atoms with Crippen LogP contribution in [-0.2, 0) is 31.6 Å². The van der Waals surface area contributed by atoms with Gasteiger partial charge in [0.2, 0.25) is 5.36 Å². The van der Waals surface area contributed by atoms with Gasteiger partial charge >= 0.3 is 35.1 Å². The van der Waals surface area contributed by atoms with Crippen molar-refractivity contribution in [3.8, 4) is 22.5 Å². The number of aromatic amines is 1. The highest BCUT2D eigenvalue weighted by Gasteiger charge is 2.43. The summed E-state index contributed by atoms with van der Waals surface area (Å²) in [4.78, 5) is 91.8. The number of aliphatic hydroxyl groups is 1. The molecule has 1 saturated heterocycles. The summed E-state index contributed by atoms with van der Waals surface area (Å²) in [6.07, 6.45) is -0.836. The van der Waals surface area contributed by atoms with E-state index in [1.54, 1.807) is 6.07 Å². The van der Waals surface area contributed by atoms with Crippen molar-refractivity contribution in [1.29, 1.82) is 0 Å². The Labute approximate surface area is 355 Å². The maximum absolute atomic E-state index is 13.3. The van der Waals surface area contributed by atoms with Gasteiger partial charge in [-0.2, -0.15) is 8.62 Å². The Morgan fingerprint density at radius 1 is 0.984 bits per heavy atom. The standard InChI is InChI=1S/C37H40N5O18P3/c1-40(2)22-8-11-25-29(15-22)57-30-16-23(41(3)4)9-12-26(30)33(25)24-10-7-20(14-27(24)36(46)47)34(44)38-13-5-6-21-18-42(37(48)39-35(21)45)32-17-28(43)31(58-32)19-56-62(52,53)60-63(54,55)59-61(49,50)51/h5-12,14-16,18,28,31-32,43H,13,17,19H2,1-4H3,(H6-,38,39,44,45,46,47,48,49,50,51,52,53,54,55)/p+1/b6-5+/t28-,31+,32+/m0/s1. The van der Waals surface area contributed by atoms with Gasteiger partial charge in [-0.25, -0.2) is 27.9 Å². The van der Waals surface area contributed by atoms with Crippen LogP contribution in [0.3, 0.4) is 0 Å². The molecule has 1 aliphatic carbocycles. The number of hydrogen-bond acceptors (Lipinski definition) is 14. The van der Waals surface area contributed by atoms with Crippen LogP contribution in [0.4, 0.5) is 5.69 Å². The summed E-state index contributed by atoms with van der Waals surface area (Å²) in [7, 11) is -9.43. The van der Waals surface area contributed by atoms with E-state index in [9.17, 15) is 52.9 Å². The number of benzene rings is 3. The molecule has 2 aliphatic heterocycles. The van der Waals surface area contributed by atoms with Crippen LogP contribution in [0.25, 0.3) is 39.5 Å². The van der Waals surface area contributed by atoms with Crippen LogP contribution in [-0.4, -0.2) is 105 Å².